The predicted molar refractivity (Wildman–Crippen MR) is 86.5 cm³/mol. The van der Waals surface area contributed by atoms with Gasteiger partial charge in [0.05, 0.1) is 5.60 Å². The van der Waals surface area contributed by atoms with E-state index in [2.05, 4.69) is 12.1 Å². The highest BCUT2D eigenvalue weighted by molar-refractivity contribution is 6.31. The summed E-state index contributed by atoms with van der Waals surface area (Å²) in [7, 11) is 0. The van der Waals surface area contributed by atoms with E-state index in [1.54, 1.807) is 0 Å². The van der Waals surface area contributed by atoms with Gasteiger partial charge in [-0.3, -0.25) is 0 Å². The standard InChI is InChI=1S/C18H20ClNO/c1-17(21,15-8-4-5-9-16(15)19)18(12-20)11-10-13-6-2-3-7-14(13)18/h2-9,21H,10-12,20H2,1H3. The zero-order chi connectivity index (χ0) is 15.1. The van der Waals surface area contributed by atoms with Gasteiger partial charge in [0.25, 0.3) is 0 Å². The SMILES string of the molecule is CC(O)(c1ccccc1Cl)C1(CN)CCc2ccccc21. The first-order chi connectivity index (χ1) is 10.0. The van der Waals surface area contributed by atoms with E-state index in [4.69, 9.17) is 17.3 Å². The van der Waals surface area contributed by atoms with Crippen LogP contribution in [0.3, 0.4) is 0 Å². The first kappa shape index (κ1) is 14.6. The Morgan fingerprint density at radius 1 is 1.19 bits per heavy atom. The van der Waals surface area contributed by atoms with Gasteiger partial charge in [-0.15, -0.1) is 0 Å². The monoisotopic (exact) mass is 301 g/mol. The lowest BCUT2D eigenvalue weighted by Crippen LogP contribution is -2.51. The molecule has 0 aliphatic heterocycles. The maximum absolute atomic E-state index is 11.4. The fourth-order valence-electron chi connectivity index (χ4n) is 3.72. The Kier molecular flexibility index (Phi) is 3.56. The van der Waals surface area contributed by atoms with E-state index in [1.165, 1.54) is 5.56 Å². The molecule has 2 aromatic rings. The number of nitrogens with two attached hydrogens (primary N) is 1. The maximum Gasteiger partial charge on any atom is 0.0991 e. The number of halogens is 1. The van der Waals surface area contributed by atoms with Crippen molar-refractivity contribution in [3.63, 3.8) is 0 Å². The lowest BCUT2D eigenvalue weighted by molar-refractivity contribution is -0.0258. The van der Waals surface area contributed by atoms with Gasteiger partial charge >= 0.3 is 0 Å². The fourth-order valence-corrected chi connectivity index (χ4v) is 4.04. The maximum atomic E-state index is 11.4. The molecule has 0 aromatic heterocycles. The smallest absolute Gasteiger partial charge is 0.0991 e. The predicted octanol–water partition coefficient (Wildman–Crippen LogP) is 3.39. The fraction of sp³-hybridized carbons (Fsp3) is 0.333. The Labute approximate surface area is 130 Å². The van der Waals surface area contributed by atoms with E-state index in [0.717, 1.165) is 24.0 Å². The van der Waals surface area contributed by atoms with Crippen LogP contribution < -0.4 is 5.73 Å². The summed E-state index contributed by atoms with van der Waals surface area (Å²) in [5.74, 6) is 0. The molecule has 110 valence electrons. The van der Waals surface area contributed by atoms with Gasteiger partial charge in [0.2, 0.25) is 0 Å². The van der Waals surface area contributed by atoms with Crippen molar-refractivity contribution in [3.8, 4) is 0 Å². The molecule has 0 saturated heterocycles. The number of hydrogen-bond acceptors (Lipinski definition) is 2. The second-order valence-electron chi connectivity index (χ2n) is 6.00. The molecule has 3 N–H and O–H groups in total. The molecule has 2 unspecified atom stereocenters. The van der Waals surface area contributed by atoms with Crippen LogP contribution in [0.25, 0.3) is 0 Å². The summed E-state index contributed by atoms with van der Waals surface area (Å²) in [6.45, 7) is 2.23. The lowest BCUT2D eigenvalue weighted by atomic mass is 9.65. The number of aliphatic hydroxyl groups is 1. The van der Waals surface area contributed by atoms with E-state index < -0.39 is 11.0 Å². The molecule has 3 heteroatoms. The van der Waals surface area contributed by atoms with Gasteiger partial charge in [0.15, 0.2) is 0 Å². The van der Waals surface area contributed by atoms with Gasteiger partial charge in [-0.05, 0) is 37.0 Å². The van der Waals surface area contributed by atoms with Gasteiger partial charge < -0.3 is 10.8 Å². The van der Waals surface area contributed by atoms with Gasteiger partial charge in [-0.25, -0.2) is 0 Å². The molecular weight excluding hydrogens is 282 g/mol. The summed E-state index contributed by atoms with van der Waals surface area (Å²) in [6, 6.07) is 15.7. The Bertz CT molecular complexity index is 668. The third-order valence-electron chi connectivity index (χ3n) is 5.03. The average molecular weight is 302 g/mol. The van der Waals surface area contributed by atoms with Crippen LogP contribution in [-0.2, 0) is 17.4 Å². The van der Waals surface area contributed by atoms with Gasteiger partial charge in [0.1, 0.15) is 0 Å². The molecule has 2 atom stereocenters. The minimum absolute atomic E-state index is 0.391. The highest BCUT2D eigenvalue weighted by Gasteiger charge is 2.52. The van der Waals surface area contributed by atoms with Crippen molar-refractivity contribution in [2.24, 2.45) is 5.73 Å². The van der Waals surface area contributed by atoms with Crippen LogP contribution >= 0.6 is 11.6 Å². The van der Waals surface area contributed by atoms with Crippen LogP contribution in [0.5, 0.6) is 0 Å². The molecule has 3 rings (SSSR count). The first-order valence-electron chi connectivity index (χ1n) is 7.29. The van der Waals surface area contributed by atoms with E-state index in [-0.39, 0.29) is 0 Å². The highest BCUT2D eigenvalue weighted by atomic mass is 35.5. The minimum Gasteiger partial charge on any atom is -0.384 e. The van der Waals surface area contributed by atoms with E-state index in [9.17, 15) is 5.11 Å². The normalized spacial score (nSPS) is 23.6. The topological polar surface area (TPSA) is 46.2 Å². The Morgan fingerprint density at radius 3 is 2.57 bits per heavy atom. The third kappa shape index (κ3) is 2.02. The second kappa shape index (κ2) is 5.13. The van der Waals surface area contributed by atoms with E-state index >= 15 is 0 Å². The molecule has 0 radical (unpaired) electrons. The third-order valence-corrected chi connectivity index (χ3v) is 5.36. The second-order valence-corrected chi connectivity index (χ2v) is 6.40. The molecule has 21 heavy (non-hydrogen) atoms. The highest BCUT2D eigenvalue weighted by Crippen LogP contribution is 2.51. The van der Waals surface area contributed by atoms with Crippen molar-refractivity contribution in [1.82, 2.24) is 0 Å². The zero-order valence-electron chi connectivity index (χ0n) is 12.1. The molecule has 2 nitrogen and oxygen atoms in total. The summed E-state index contributed by atoms with van der Waals surface area (Å²) in [6.07, 6.45) is 1.77. The number of aryl methyl sites for hydroxylation is 1. The largest absolute Gasteiger partial charge is 0.384 e. The van der Waals surface area contributed by atoms with Crippen molar-refractivity contribution in [3.05, 3.63) is 70.2 Å². The summed E-state index contributed by atoms with van der Waals surface area (Å²) >= 11 is 6.33. The number of fused-ring (bicyclic) bond motifs is 1. The Morgan fingerprint density at radius 2 is 1.86 bits per heavy atom. The van der Waals surface area contributed by atoms with Crippen molar-refractivity contribution in [2.45, 2.75) is 30.8 Å². The molecule has 0 amide bonds. The summed E-state index contributed by atoms with van der Waals surface area (Å²) in [5, 5.41) is 12.0. The quantitative estimate of drug-likeness (QED) is 0.913. The summed E-state index contributed by atoms with van der Waals surface area (Å²) in [5.41, 5.74) is 7.73. The molecule has 1 aliphatic rings. The van der Waals surface area contributed by atoms with Crippen LogP contribution in [0.1, 0.15) is 30.0 Å². The van der Waals surface area contributed by atoms with Gasteiger partial charge in [-0.2, -0.15) is 0 Å². The van der Waals surface area contributed by atoms with Gasteiger partial charge in [-0.1, -0.05) is 54.1 Å². The molecule has 0 heterocycles. The molecule has 1 aliphatic carbocycles. The number of hydrogen-bond donors (Lipinski definition) is 2. The Hall–Kier alpha value is -1.35. The lowest BCUT2D eigenvalue weighted by Gasteiger charge is -2.43. The van der Waals surface area contributed by atoms with Crippen molar-refractivity contribution >= 4 is 11.6 Å². The average Bonchev–Trinajstić information content (AvgIpc) is 2.88. The molecule has 0 saturated carbocycles. The Balaban J connectivity index is 2.19. The van der Waals surface area contributed by atoms with Crippen LogP contribution in [0.2, 0.25) is 5.02 Å². The van der Waals surface area contributed by atoms with Crippen LogP contribution in [0.15, 0.2) is 48.5 Å². The van der Waals surface area contributed by atoms with Crippen LogP contribution in [0.4, 0.5) is 0 Å². The number of rotatable bonds is 3. The molecule has 0 bridgehead atoms. The van der Waals surface area contributed by atoms with Gasteiger partial charge in [0, 0.05) is 22.5 Å². The molecular formula is C18H20ClNO. The van der Waals surface area contributed by atoms with Crippen molar-refractivity contribution < 1.29 is 5.11 Å². The molecule has 0 fully saturated rings. The summed E-state index contributed by atoms with van der Waals surface area (Å²) in [4.78, 5) is 0. The van der Waals surface area contributed by atoms with Crippen molar-refractivity contribution in [2.75, 3.05) is 6.54 Å². The van der Waals surface area contributed by atoms with E-state index in [1.807, 2.05) is 43.3 Å². The minimum atomic E-state index is -1.10. The summed E-state index contributed by atoms with van der Waals surface area (Å²) < 4.78 is 0. The molecule has 0 spiro atoms. The first-order valence-corrected chi connectivity index (χ1v) is 7.66. The zero-order valence-corrected chi connectivity index (χ0v) is 12.9. The molecule has 2 aromatic carbocycles. The number of benzene rings is 2. The van der Waals surface area contributed by atoms with Crippen molar-refractivity contribution in [1.29, 1.82) is 0 Å². The van der Waals surface area contributed by atoms with Crippen LogP contribution in [-0.4, -0.2) is 11.7 Å². The van der Waals surface area contributed by atoms with E-state index in [0.29, 0.717) is 11.6 Å². The van der Waals surface area contributed by atoms with Crippen LogP contribution in [0, 0.1) is 0 Å².